The van der Waals surface area contributed by atoms with Gasteiger partial charge in [0.25, 0.3) is 0 Å². The minimum Gasteiger partial charge on any atom is -0.149 e. The molecule has 0 aliphatic carbocycles. The van der Waals surface area contributed by atoms with E-state index in [1.807, 2.05) is 78.9 Å². The highest BCUT2D eigenvalue weighted by atomic mass is 35.7. The molecular formula is C30H25Cl3Si2. The summed E-state index contributed by atoms with van der Waals surface area (Å²) < 4.78 is 0. The Morgan fingerprint density at radius 1 is 0.286 bits per heavy atom. The predicted octanol–water partition coefficient (Wildman–Crippen LogP) is 5.61. The van der Waals surface area contributed by atoms with E-state index < -0.39 is 14.1 Å². The number of halogens is 3. The summed E-state index contributed by atoms with van der Waals surface area (Å²) in [6.07, 6.45) is 0. The predicted molar refractivity (Wildman–Crippen MR) is 159 cm³/mol. The molecule has 5 aromatic rings. The molecule has 5 rings (SSSR count). The van der Waals surface area contributed by atoms with Crippen molar-refractivity contribution in [3.05, 3.63) is 152 Å². The second-order valence-electron chi connectivity index (χ2n) is 8.06. The summed E-state index contributed by atoms with van der Waals surface area (Å²) in [5.41, 5.74) is 0. The Morgan fingerprint density at radius 2 is 0.486 bits per heavy atom. The van der Waals surface area contributed by atoms with E-state index in [4.69, 9.17) is 33.2 Å². The van der Waals surface area contributed by atoms with E-state index in [1.54, 1.807) is 0 Å². The largest absolute Gasteiger partial charge is 0.310 e. The van der Waals surface area contributed by atoms with Crippen molar-refractivity contribution in [2.45, 2.75) is 0 Å². The minimum absolute atomic E-state index is 1.03. The third-order valence-electron chi connectivity index (χ3n) is 5.79. The average molecular weight is 548 g/mol. The number of hydrogen-bond donors (Lipinski definition) is 0. The van der Waals surface area contributed by atoms with Crippen LogP contribution in [0.15, 0.2) is 152 Å². The average Bonchev–Trinajstić information content (AvgIpc) is 2.95. The van der Waals surface area contributed by atoms with E-state index in [0.717, 1.165) is 10.4 Å². The van der Waals surface area contributed by atoms with E-state index in [1.165, 1.54) is 15.6 Å². The lowest BCUT2D eigenvalue weighted by molar-refractivity contribution is 1.70. The Bertz CT molecular complexity index is 1160. The summed E-state index contributed by atoms with van der Waals surface area (Å²) in [5.74, 6) is 0. The molecular weight excluding hydrogens is 523 g/mol. The molecule has 0 nitrogen and oxygen atoms in total. The Kier molecular flexibility index (Phi) is 8.66. The number of hydrogen-bond acceptors (Lipinski definition) is 0. The standard InChI is InChI=1S/C18H15ClSi.C12H10Cl2Si/c19-20(16-10-4-1-5-11-16,17-12-6-2-7-13-17)18-14-8-3-9-15-18;13-15(14,11-7-3-1-4-8-11)12-9-5-2-6-10-12/h1-15H;1-10H. The molecule has 0 unspecified atom stereocenters. The number of rotatable bonds is 5. The first kappa shape index (κ1) is 25.5. The van der Waals surface area contributed by atoms with Crippen molar-refractivity contribution in [1.82, 2.24) is 0 Å². The van der Waals surface area contributed by atoms with E-state index in [2.05, 4.69) is 72.8 Å². The summed E-state index contributed by atoms with van der Waals surface area (Å²) in [4.78, 5) is 0. The maximum absolute atomic E-state index is 7.25. The molecule has 35 heavy (non-hydrogen) atoms. The molecule has 0 aliphatic rings. The van der Waals surface area contributed by atoms with Crippen LogP contribution >= 0.6 is 33.2 Å². The van der Waals surface area contributed by atoms with Crippen LogP contribution in [0.3, 0.4) is 0 Å². The fourth-order valence-electron chi connectivity index (χ4n) is 3.97. The molecule has 0 saturated heterocycles. The zero-order chi connectivity index (χ0) is 24.6. The number of benzene rings is 5. The Balaban J connectivity index is 0.000000172. The highest BCUT2D eigenvalue weighted by Crippen LogP contribution is 2.15. The highest BCUT2D eigenvalue weighted by Gasteiger charge is 2.37. The van der Waals surface area contributed by atoms with Crippen molar-refractivity contribution in [1.29, 1.82) is 0 Å². The smallest absolute Gasteiger partial charge is 0.149 e. The molecule has 174 valence electrons. The maximum atomic E-state index is 7.25. The SMILES string of the molecule is Cl[Si](Cl)(c1ccccc1)c1ccccc1.Cl[Si](c1ccccc1)(c1ccccc1)c1ccccc1. The Hall–Kier alpha value is -2.60. The third kappa shape index (κ3) is 5.98. The summed E-state index contributed by atoms with van der Waals surface area (Å²) in [5, 5.41) is 5.72. The lowest BCUT2D eigenvalue weighted by atomic mass is 10.3. The summed E-state index contributed by atoms with van der Waals surface area (Å²) in [6, 6.07) is 51.0. The second kappa shape index (κ2) is 11.9. The van der Waals surface area contributed by atoms with Gasteiger partial charge in [0.05, 0.1) is 0 Å². The van der Waals surface area contributed by atoms with Crippen LogP contribution in [-0.2, 0) is 0 Å². The molecule has 0 spiro atoms. The Labute approximate surface area is 223 Å². The zero-order valence-corrected chi connectivity index (χ0v) is 23.3. The summed E-state index contributed by atoms with van der Waals surface area (Å²) in [7, 11) is -2.41. The molecule has 0 heterocycles. The first-order valence-electron chi connectivity index (χ1n) is 11.4. The van der Waals surface area contributed by atoms with Crippen molar-refractivity contribution < 1.29 is 0 Å². The lowest BCUT2D eigenvalue weighted by Gasteiger charge is -2.26. The van der Waals surface area contributed by atoms with Crippen molar-refractivity contribution in [2.24, 2.45) is 0 Å². The van der Waals surface area contributed by atoms with Gasteiger partial charge in [0.15, 0.2) is 0 Å². The molecule has 0 aromatic heterocycles. The van der Waals surface area contributed by atoms with Gasteiger partial charge in [-0.3, -0.25) is 0 Å². The van der Waals surface area contributed by atoms with Gasteiger partial charge in [-0.05, 0) is 25.9 Å². The second-order valence-corrected chi connectivity index (χ2v) is 19.1. The zero-order valence-electron chi connectivity index (χ0n) is 19.1. The van der Waals surface area contributed by atoms with Crippen molar-refractivity contribution in [3.63, 3.8) is 0 Å². The van der Waals surface area contributed by atoms with Gasteiger partial charge in [0.1, 0.15) is 0 Å². The van der Waals surface area contributed by atoms with E-state index in [9.17, 15) is 0 Å². The first-order chi connectivity index (χ1) is 17.0. The van der Waals surface area contributed by atoms with Crippen LogP contribution in [0.1, 0.15) is 0 Å². The van der Waals surface area contributed by atoms with Crippen molar-refractivity contribution >= 4 is 73.2 Å². The molecule has 0 atom stereocenters. The van der Waals surface area contributed by atoms with Gasteiger partial charge in [0.2, 0.25) is 7.38 Å². The van der Waals surface area contributed by atoms with Crippen LogP contribution in [0.4, 0.5) is 0 Å². The van der Waals surface area contributed by atoms with Crippen LogP contribution < -0.4 is 25.9 Å². The van der Waals surface area contributed by atoms with Gasteiger partial charge in [-0.2, -0.15) is 0 Å². The van der Waals surface area contributed by atoms with E-state index >= 15 is 0 Å². The quantitative estimate of drug-likeness (QED) is 0.152. The molecule has 0 N–H and O–H groups in total. The molecule has 0 fully saturated rings. The molecule has 0 saturated carbocycles. The molecule has 5 heteroatoms. The van der Waals surface area contributed by atoms with Gasteiger partial charge >= 0.3 is 6.69 Å². The normalized spacial score (nSPS) is 11.3. The highest BCUT2D eigenvalue weighted by molar-refractivity contribution is 7.56. The first-order valence-corrected chi connectivity index (χ1v) is 18.4. The van der Waals surface area contributed by atoms with E-state index in [-0.39, 0.29) is 0 Å². The van der Waals surface area contributed by atoms with Crippen LogP contribution in [-0.4, -0.2) is 14.1 Å². The molecule has 5 aromatic carbocycles. The van der Waals surface area contributed by atoms with Gasteiger partial charge < -0.3 is 0 Å². The molecule has 0 bridgehead atoms. The summed E-state index contributed by atoms with van der Waals surface area (Å²) in [6.45, 7) is -2.51. The monoisotopic (exact) mass is 546 g/mol. The molecule has 0 aliphatic heterocycles. The molecule has 0 radical (unpaired) electrons. The van der Waals surface area contributed by atoms with E-state index in [0.29, 0.717) is 0 Å². The van der Waals surface area contributed by atoms with Crippen LogP contribution in [0.25, 0.3) is 0 Å². The van der Waals surface area contributed by atoms with Gasteiger partial charge in [-0.1, -0.05) is 152 Å². The fourth-order valence-corrected chi connectivity index (χ4v) is 11.1. The Morgan fingerprint density at radius 3 is 0.714 bits per heavy atom. The lowest BCUT2D eigenvalue weighted by Crippen LogP contribution is -2.62. The van der Waals surface area contributed by atoms with Crippen LogP contribution in [0.5, 0.6) is 0 Å². The van der Waals surface area contributed by atoms with Crippen molar-refractivity contribution in [3.8, 4) is 0 Å². The third-order valence-corrected chi connectivity index (χ3v) is 15.9. The maximum Gasteiger partial charge on any atom is 0.310 e. The van der Waals surface area contributed by atoms with Crippen LogP contribution in [0.2, 0.25) is 0 Å². The topological polar surface area (TPSA) is 0 Å². The van der Waals surface area contributed by atoms with Crippen molar-refractivity contribution in [2.75, 3.05) is 0 Å². The summed E-state index contributed by atoms with van der Waals surface area (Å²) >= 11 is 20.2. The van der Waals surface area contributed by atoms with Crippen LogP contribution in [0, 0.1) is 0 Å². The van der Waals surface area contributed by atoms with Gasteiger partial charge in [0, 0.05) is 0 Å². The minimum atomic E-state index is -2.51. The van der Waals surface area contributed by atoms with Gasteiger partial charge in [-0.15, -0.1) is 33.2 Å². The fraction of sp³-hybridized carbons (Fsp3) is 0. The van der Waals surface area contributed by atoms with Gasteiger partial charge in [-0.25, -0.2) is 0 Å². The molecule has 0 amide bonds.